The number of hydrogen-bond acceptors (Lipinski definition) is 3. The SMILES string of the molecule is O=C(O)C1(CN2CCC(O)CC2)CC1. The Kier molecular flexibility index (Phi) is 2.49. The molecule has 4 nitrogen and oxygen atoms in total. The summed E-state index contributed by atoms with van der Waals surface area (Å²) in [7, 11) is 0. The van der Waals surface area contributed by atoms with Gasteiger partial charge in [0.1, 0.15) is 0 Å². The number of aliphatic hydroxyl groups is 1. The van der Waals surface area contributed by atoms with Crippen LogP contribution < -0.4 is 0 Å². The van der Waals surface area contributed by atoms with Crippen molar-refractivity contribution in [3.05, 3.63) is 0 Å². The van der Waals surface area contributed by atoms with Crippen LogP contribution in [0.1, 0.15) is 25.7 Å². The Hall–Kier alpha value is -0.610. The van der Waals surface area contributed by atoms with Crippen molar-refractivity contribution in [3.63, 3.8) is 0 Å². The molecule has 4 heteroatoms. The molecule has 2 fully saturated rings. The van der Waals surface area contributed by atoms with Gasteiger partial charge in [0.05, 0.1) is 11.5 Å². The number of carboxylic acid groups (broad SMARTS) is 1. The minimum absolute atomic E-state index is 0.175. The molecule has 2 rings (SSSR count). The van der Waals surface area contributed by atoms with Crippen molar-refractivity contribution in [2.24, 2.45) is 5.41 Å². The molecule has 0 bridgehead atoms. The molecule has 1 heterocycles. The average molecular weight is 199 g/mol. The Morgan fingerprint density at radius 1 is 1.36 bits per heavy atom. The zero-order valence-corrected chi connectivity index (χ0v) is 8.28. The standard InChI is InChI=1S/C10H17NO3/c12-8-1-5-11(6-2-8)7-10(3-4-10)9(13)14/h8,12H,1-7H2,(H,13,14). The quantitative estimate of drug-likeness (QED) is 0.686. The summed E-state index contributed by atoms with van der Waals surface area (Å²) in [6.45, 7) is 2.36. The monoisotopic (exact) mass is 199 g/mol. The summed E-state index contributed by atoms with van der Waals surface area (Å²) in [4.78, 5) is 13.1. The first-order valence-corrected chi connectivity index (χ1v) is 5.26. The molecule has 0 radical (unpaired) electrons. The number of likely N-dealkylation sites (tertiary alicyclic amines) is 1. The van der Waals surface area contributed by atoms with E-state index in [1.165, 1.54) is 0 Å². The minimum atomic E-state index is -0.649. The lowest BCUT2D eigenvalue weighted by molar-refractivity contribution is -0.144. The van der Waals surface area contributed by atoms with Gasteiger partial charge in [-0.1, -0.05) is 0 Å². The van der Waals surface area contributed by atoms with Gasteiger partial charge < -0.3 is 15.1 Å². The summed E-state index contributed by atoms with van der Waals surface area (Å²) >= 11 is 0. The van der Waals surface area contributed by atoms with E-state index >= 15 is 0 Å². The lowest BCUT2D eigenvalue weighted by atomic mass is 10.0. The predicted molar refractivity (Wildman–Crippen MR) is 51.0 cm³/mol. The lowest BCUT2D eigenvalue weighted by Crippen LogP contribution is -2.41. The number of piperidine rings is 1. The van der Waals surface area contributed by atoms with E-state index in [4.69, 9.17) is 5.11 Å². The fraction of sp³-hybridized carbons (Fsp3) is 0.900. The van der Waals surface area contributed by atoms with E-state index in [9.17, 15) is 9.90 Å². The maximum Gasteiger partial charge on any atom is 0.310 e. The molecule has 80 valence electrons. The summed E-state index contributed by atoms with van der Waals surface area (Å²) in [5.74, 6) is -0.649. The summed E-state index contributed by atoms with van der Waals surface area (Å²) in [6, 6.07) is 0. The Labute approximate surface area is 83.5 Å². The number of aliphatic hydroxyl groups excluding tert-OH is 1. The molecule has 0 unspecified atom stereocenters. The summed E-state index contributed by atoms with van der Waals surface area (Å²) in [5, 5.41) is 18.3. The van der Waals surface area contributed by atoms with Crippen molar-refractivity contribution in [2.45, 2.75) is 31.8 Å². The first kappa shape index (κ1) is 9.93. The van der Waals surface area contributed by atoms with Crippen LogP contribution in [0.3, 0.4) is 0 Å². The summed E-state index contributed by atoms with van der Waals surface area (Å²) in [5.41, 5.74) is -0.442. The normalized spacial score (nSPS) is 27.5. The van der Waals surface area contributed by atoms with E-state index in [-0.39, 0.29) is 6.10 Å². The number of rotatable bonds is 3. The van der Waals surface area contributed by atoms with E-state index in [0.717, 1.165) is 38.8 Å². The van der Waals surface area contributed by atoms with Gasteiger partial charge in [-0.15, -0.1) is 0 Å². The van der Waals surface area contributed by atoms with Gasteiger partial charge in [0.15, 0.2) is 0 Å². The van der Waals surface area contributed by atoms with Crippen molar-refractivity contribution < 1.29 is 15.0 Å². The Morgan fingerprint density at radius 2 is 1.93 bits per heavy atom. The fourth-order valence-electron chi connectivity index (χ4n) is 2.10. The van der Waals surface area contributed by atoms with E-state index in [2.05, 4.69) is 4.90 Å². The predicted octanol–water partition coefficient (Wildman–Crippen LogP) is 0.308. The molecular formula is C10H17NO3. The molecule has 14 heavy (non-hydrogen) atoms. The second kappa shape index (κ2) is 3.51. The van der Waals surface area contributed by atoms with Gasteiger partial charge in [-0.3, -0.25) is 4.79 Å². The molecule has 0 aromatic carbocycles. The topological polar surface area (TPSA) is 60.8 Å². The molecule has 1 saturated heterocycles. The third-order valence-corrected chi connectivity index (χ3v) is 3.39. The van der Waals surface area contributed by atoms with Crippen LogP contribution in [0.15, 0.2) is 0 Å². The zero-order chi connectivity index (χ0) is 10.2. The van der Waals surface area contributed by atoms with Crippen LogP contribution in [-0.2, 0) is 4.79 Å². The van der Waals surface area contributed by atoms with Crippen LogP contribution in [0.2, 0.25) is 0 Å². The number of carboxylic acids is 1. The molecule has 0 aromatic rings. The first-order valence-electron chi connectivity index (χ1n) is 5.26. The van der Waals surface area contributed by atoms with Crippen LogP contribution in [0.4, 0.5) is 0 Å². The zero-order valence-electron chi connectivity index (χ0n) is 8.28. The molecular weight excluding hydrogens is 182 g/mol. The molecule has 1 aliphatic carbocycles. The van der Waals surface area contributed by atoms with Crippen molar-refractivity contribution in [2.75, 3.05) is 19.6 Å². The van der Waals surface area contributed by atoms with Crippen molar-refractivity contribution >= 4 is 5.97 Å². The highest BCUT2D eigenvalue weighted by molar-refractivity contribution is 5.78. The Bertz CT molecular complexity index is 230. The number of hydrogen-bond donors (Lipinski definition) is 2. The van der Waals surface area contributed by atoms with Gasteiger partial charge in [-0.25, -0.2) is 0 Å². The molecule has 1 aliphatic heterocycles. The lowest BCUT2D eigenvalue weighted by Gasteiger charge is -2.31. The second-order valence-corrected chi connectivity index (χ2v) is 4.59. The van der Waals surface area contributed by atoms with Gasteiger partial charge in [0.2, 0.25) is 0 Å². The van der Waals surface area contributed by atoms with Gasteiger partial charge in [-0.05, 0) is 25.7 Å². The molecule has 0 atom stereocenters. The van der Waals surface area contributed by atoms with Crippen LogP contribution in [0, 0.1) is 5.41 Å². The summed E-state index contributed by atoms with van der Waals surface area (Å²) < 4.78 is 0. The van der Waals surface area contributed by atoms with Crippen LogP contribution >= 0.6 is 0 Å². The molecule has 0 spiro atoms. The molecule has 0 amide bonds. The van der Waals surface area contributed by atoms with E-state index in [1.807, 2.05) is 0 Å². The Balaban J connectivity index is 1.83. The highest BCUT2D eigenvalue weighted by Gasteiger charge is 2.51. The van der Waals surface area contributed by atoms with Crippen molar-refractivity contribution in [3.8, 4) is 0 Å². The average Bonchev–Trinajstić information content (AvgIpc) is 2.90. The van der Waals surface area contributed by atoms with Crippen LogP contribution in [0.5, 0.6) is 0 Å². The number of carbonyl (C=O) groups is 1. The Morgan fingerprint density at radius 3 is 2.36 bits per heavy atom. The first-order chi connectivity index (χ1) is 6.62. The van der Waals surface area contributed by atoms with E-state index in [1.54, 1.807) is 0 Å². The van der Waals surface area contributed by atoms with Crippen LogP contribution in [-0.4, -0.2) is 46.8 Å². The molecule has 0 aromatic heterocycles. The number of aliphatic carboxylic acids is 1. The molecule has 1 saturated carbocycles. The van der Waals surface area contributed by atoms with Gasteiger partial charge >= 0.3 is 5.97 Å². The maximum absolute atomic E-state index is 10.9. The van der Waals surface area contributed by atoms with Crippen molar-refractivity contribution in [1.29, 1.82) is 0 Å². The highest BCUT2D eigenvalue weighted by Crippen LogP contribution is 2.46. The van der Waals surface area contributed by atoms with E-state index in [0.29, 0.717) is 6.54 Å². The summed E-state index contributed by atoms with van der Waals surface area (Å²) in [6.07, 6.45) is 3.04. The minimum Gasteiger partial charge on any atom is -0.481 e. The molecule has 2 aliphatic rings. The van der Waals surface area contributed by atoms with Gasteiger partial charge in [-0.2, -0.15) is 0 Å². The fourth-order valence-corrected chi connectivity index (χ4v) is 2.10. The highest BCUT2D eigenvalue weighted by atomic mass is 16.4. The third-order valence-electron chi connectivity index (χ3n) is 3.39. The van der Waals surface area contributed by atoms with Gasteiger partial charge in [0.25, 0.3) is 0 Å². The number of nitrogens with zero attached hydrogens (tertiary/aromatic N) is 1. The maximum atomic E-state index is 10.9. The largest absolute Gasteiger partial charge is 0.481 e. The second-order valence-electron chi connectivity index (χ2n) is 4.59. The third kappa shape index (κ3) is 1.91. The van der Waals surface area contributed by atoms with Crippen molar-refractivity contribution in [1.82, 2.24) is 4.90 Å². The smallest absolute Gasteiger partial charge is 0.310 e. The van der Waals surface area contributed by atoms with Gasteiger partial charge in [0, 0.05) is 19.6 Å². The van der Waals surface area contributed by atoms with E-state index < -0.39 is 11.4 Å². The molecule has 2 N–H and O–H groups in total. The van der Waals surface area contributed by atoms with Crippen LogP contribution in [0.25, 0.3) is 0 Å².